The Morgan fingerprint density at radius 3 is 2.78 bits per heavy atom. The van der Waals surface area contributed by atoms with E-state index >= 15 is 0 Å². The second-order valence-corrected chi connectivity index (χ2v) is 6.37. The van der Waals surface area contributed by atoms with Gasteiger partial charge in [0, 0.05) is 35.0 Å². The van der Waals surface area contributed by atoms with E-state index in [1.54, 1.807) is 12.1 Å². The van der Waals surface area contributed by atoms with Crippen LogP contribution in [0.4, 0.5) is 5.69 Å². The first-order valence-electron chi connectivity index (χ1n) is 8.88. The van der Waals surface area contributed by atoms with Crippen molar-refractivity contribution >= 4 is 11.6 Å². The summed E-state index contributed by atoms with van der Waals surface area (Å²) in [6.45, 7) is 5.65. The molecule has 140 valence electrons. The maximum atomic E-state index is 12.3. The van der Waals surface area contributed by atoms with E-state index in [1.807, 2.05) is 32.9 Å². The van der Waals surface area contributed by atoms with Gasteiger partial charge in [-0.3, -0.25) is 9.59 Å². The minimum Gasteiger partial charge on any atom is -0.361 e. The predicted octanol–water partition coefficient (Wildman–Crippen LogP) is 3.18. The van der Waals surface area contributed by atoms with Gasteiger partial charge in [0.2, 0.25) is 5.91 Å². The molecule has 27 heavy (non-hydrogen) atoms. The summed E-state index contributed by atoms with van der Waals surface area (Å²) >= 11 is 0. The van der Waals surface area contributed by atoms with Gasteiger partial charge in [-0.1, -0.05) is 24.2 Å². The number of aryl methyl sites for hydroxylation is 3. The maximum Gasteiger partial charge on any atom is 0.251 e. The van der Waals surface area contributed by atoms with E-state index < -0.39 is 0 Å². The number of carbonyl (C=O) groups is 1. The van der Waals surface area contributed by atoms with Gasteiger partial charge in [-0.15, -0.1) is 0 Å². The van der Waals surface area contributed by atoms with E-state index in [0.29, 0.717) is 30.8 Å². The first-order chi connectivity index (χ1) is 13.0. The zero-order valence-corrected chi connectivity index (χ0v) is 15.6. The van der Waals surface area contributed by atoms with Crippen LogP contribution in [0.5, 0.6) is 0 Å². The second-order valence-electron chi connectivity index (χ2n) is 6.37. The predicted molar refractivity (Wildman–Crippen MR) is 103 cm³/mol. The Kier molecular flexibility index (Phi) is 5.49. The summed E-state index contributed by atoms with van der Waals surface area (Å²) in [5, 5.41) is 6.79. The number of aromatic nitrogens is 3. The molecule has 0 aliphatic heterocycles. The average Bonchev–Trinajstić information content (AvgIpc) is 2.97. The van der Waals surface area contributed by atoms with E-state index in [2.05, 4.69) is 20.4 Å². The Morgan fingerprint density at radius 2 is 2.07 bits per heavy atom. The van der Waals surface area contributed by atoms with Crippen molar-refractivity contribution in [1.29, 1.82) is 0 Å². The van der Waals surface area contributed by atoms with Gasteiger partial charge in [0.25, 0.3) is 5.56 Å². The highest BCUT2D eigenvalue weighted by atomic mass is 16.5. The van der Waals surface area contributed by atoms with Crippen molar-refractivity contribution in [2.45, 2.75) is 40.0 Å². The molecule has 2 aromatic heterocycles. The standard InChI is InChI=1S/C20H22N4O3/c1-4-15-11-19(26)23-20(22-15)14-6-5-7-16(10-14)21-18(25)9-8-17-12(2)24-27-13(17)3/h5-7,10-11H,4,8-9H2,1-3H3,(H,21,25)(H,22,23,26). The summed E-state index contributed by atoms with van der Waals surface area (Å²) in [5.74, 6) is 1.13. The fourth-order valence-corrected chi connectivity index (χ4v) is 2.89. The summed E-state index contributed by atoms with van der Waals surface area (Å²) in [6.07, 6.45) is 1.57. The Hall–Kier alpha value is -3.22. The molecular formula is C20H22N4O3. The highest BCUT2D eigenvalue weighted by Gasteiger charge is 2.12. The molecule has 0 unspecified atom stereocenters. The molecule has 0 fully saturated rings. The van der Waals surface area contributed by atoms with E-state index in [0.717, 1.165) is 28.3 Å². The third-order valence-corrected chi connectivity index (χ3v) is 4.36. The lowest BCUT2D eigenvalue weighted by atomic mass is 10.1. The van der Waals surface area contributed by atoms with Crippen molar-refractivity contribution in [3.8, 4) is 11.4 Å². The lowest BCUT2D eigenvalue weighted by molar-refractivity contribution is -0.116. The lowest BCUT2D eigenvalue weighted by Gasteiger charge is -2.08. The molecule has 0 aliphatic rings. The van der Waals surface area contributed by atoms with Gasteiger partial charge in [-0.25, -0.2) is 4.98 Å². The van der Waals surface area contributed by atoms with Crippen molar-refractivity contribution in [1.82, 2.24) is 15.1 Å². The van der Waals surface area contributed by atoms with Gasteiger partial charge in [-0.05, 0) is 38.8 Å². The molecule has 1 amide bonds. The SMILES string of the molecule is CCc1cc(=O)[nH]c(-c2cccc(NC(=O)CCc3c(C)noc3C)c2)n1. The third-order valence-electron chi connectivity index (χ3n) is 4.36. The Bertz CT molecular complexity index is 1000. The summed E-state index contributed by atoms with van der Waals surface area (Å²) in [7, 11) is 0. The zero-order chi connectivity index (χ0) is 19.4. The number of H-pyrrole nitrogens is 1. The number of aromatic amines is 1. The number of amides is 1. The van der Waals surface area contributed by atoms with Crippen molar-refractivity contribution < 1.29 is 9.32 Å². The molecule has 0 spiro atoms. The minimum absolute atomic E-state index is 0.101. The average molecular weight is 366 g/mol. The minimum atomic E-state index is -0.189. The van der Waals surface area contributed by atoms with Crippen LogP contribution >= 0.6 is 0 Å². The van der Waals surface area contributed by atoms with E-state index in [9.17, 15) is 9.59 Å². The van der Waals surface area contributed by atoms with Crippen LogP contribution in [0.2, 0.25) is 0 Å². The number of anilines is 1. The number of carbonyl (C=O) groups excluding carboxylic acids is 1. The maximum absolute atomic E-state index is 12.3. The van der Waals surface area contributed by atoms with Crippen LogP contribution in [0.15, 0.2) is 39.6 Å². The van der Waals surface area contributed by atoms with Gasteiger partial charge >= 0.3 is 0 Å². The van der Waals surface area contributed by atoms with Gasteiger partial charge in [0.05, 0.1) is 5.69 Å². The van der Waals surface area contributed by atoms with E-state index in [-0.39, 0.29) is 11.5 Å². The lowest BCUT2D eigenvalue weighted by Crippen LogP contribution is -2.13. The number of benzene rings is 1. The first-order valence-corrected chi connectivity index (χ1v) is 8.88. The van der Waals surface area contributed by atoms with Crippen molar-refractivity contribution in [3.05, 3.63) is 63.4 Å². The van der Waals surface area contributed by atoms with Crippen molar-refractivity contribution in [3.63, 3.8) is 0 Å². The third kappa shape index (κ3) is 4.49. The molecule has 3 aromatic rings. The fraction of sp³-hybridized carbons (Fsp3) is 0.300. The van der Waals surface area contributed by atoms with Crippen LogP contribution in [0.25, 0.3) is 11.4 Å². The van der Waals surface area contributed by atoms with Crippen LogP contribution < -0.4 is 10.9 Å². The zero-order valence-electron chi connectivity index (χ0n) is 15.6. The van der Waals surface area contributed by atoms with Gasteiger partial charge in [0.15, 0.2) is 0 Å². The summed E-state index contributed by atoms with van der Waals surface area (Å²) in [6, 6.07) is 8.75. The number of nitrogens with zero attached hydrogens (tertiary/aromatic N) is 2. The molecule has 0 saturated carbocycles. The quantitative estimate of drug-likeness (QED) is 0.698. The molecule has 0 saturated heterocycles. The largest absolute Gasteiger partial charge is 0.361 e. The molecule has 7 heteroatoms. The highest BCUT2D eigenvalue weighted by Crippen LogP contribution is 2.20. The van der Waals surface area contributed by atoms with Crippen LogP contribution in [-0.2, 0) is 17.6 Å². The molecule has 2 N–H and O–H groups in total. The molecule has 0 radical (unpaired) electrons. The fourth-order valence-electron chi connectivity index (χ4n) is 2.89. The topological polar surface area (TPSA) is 101 Å². The smallest absolute Gasteiger partial charge is 0.251 e. The monoisotopic (exact) mass is 366 g/mol. The summed E-state index contributed by atoms with van der Waals surface area (Å²) in [4.78, 5) is 31.3. The highest BCUT2D eigenvalue weighted by molar-refractivity contribution is 5.91. The molecule has 0 atom stereocenters. The van der Waals surface area contributed by atoms with Crippen LogP contribution in [0.3, 0.4) is 0 Å². The molecule has 0 bridgehead atoms. The number of rotatable bonds is 6. The molecule has 7 nitrogen and oxygen atoms in total. The summed E-state index contributed by atoms with van der Waals surface area (Å²) in [5.41, 5.74) is 3.71. The number of hydrogen-bond donors (Lipinski definition) is 2. The van der Waals surface area contributed by atoms with Gasteiger partial charge in [0.1, 0.15) is 11.6 Å². The van der Waals surface area contributed by atoms with E-state index in [1.165, 1.54) is 6.07 Å². The van der Waals surface area contributed by atoms with Crippen molar-refractivity contribution in [2.24, 2.45) is 0 Å². The molecule has 2 heterocycles. The normalized spacial score (nSPS) is 10.8. The van der Waals surface area contributed by atoms with Gasteiger partial charge < -0.3 is 14.8 Å². The number of nitrogens with one attached hydrogen (secondary N) is 2. The van der Waals surface area contributed by atoms with Gasteiger partial charge in [-0.2, -0.15) is 0 Å². The van der Waals surface area contributed by atoms with Crippen LogP contribution in [-0.4, -0.2) is 21.0 Å². The molecule has 1 aromatic carbocycles. The Labute approximate surface area is 156 Å². The van der Waals surface area contributed by atoms with E-state index in [4.69, 9.17) is 4.52 Å². The van der Waals surface area contributed by atoms with Crippen LogP contribution in [0, 0.1) is 13.8 Å². The molecule has 3 rings (SSSR count). The second kappa shape index (κ2) is 7.99. The molecular weight excluding hydrogens is 344 g/mol. The Balaban J connectivity index is 1.71. The first kappa shape index (κ1) is 18.6. The molecule has 0 aliphatic carbocycles. The Morgan fingerprint density at radius 1 is 1.26 bits per heavy atom. The van der Waals surface area contributed by atoms with Crippen LogP contribution in [0.1, 0.15) is 36.1 Å². The van der Waals surface area contributed by atoms with Crippen molar-refractivity contribution in [2.75, 3.05) is 5.32 Å². The number of hydrogen-bond acceptors (Lipinski definition) is 5. The summed E-state index contributed by atoms with van der Waals surface area (Å²) < 4.78 is 5.12.